The third kappa shape index (κ3) is 15.9. The zero-order valence-corrected chi connectivity index (χ0v) is 23.4. The summed E-state index contributed by atoms with van der Waals surface area (Å²) in [4.78, 5) is 38.3. The molecule has 0 aromatic carbocycles. The Morgan fingerprint density at radius 1 is 0.955 bits per heavy atom. The fourth-order valence-electron chi connectivity index (χ4n) is 3.54. The van der Waals surface area contributed by atoms with Crippen molar-refractivity contribution < 1.29 is 78.7 Å². The topological polar surface area (TPSA) is 153 Å². The van der Waals surface area contributed by atoms with E-state index < -0.39 is 36.4 Å². The quantitative estimate of drug-likeness (QED) is 0.384. The van der Waals surface area contributed by atoms with Crippen LogP contribution in [0, 0.1) is 0 Å². The minimum absolute atomic E-state index is 0.327. The number of halogens is 9. The van der Waals surface area contributed by atoms with E-state index in [-0.39, 0.29) is 0 Å². The zero-order valence-electron chi connectivity index (χ0n) is 23.4. The van der Waals surface area contributed by atoms with Crippen molar-refractivity contribution in [2.75, 3.05) is 60.5 Å². The molecule has 0 amide bonds. The Morgan fingerprint density at radius 2 is 1.43 bits per heavy atom. The molecule has 21 heteroatoms. The lowest BCUT2D eigenvalue weighted by Crippen LogP contribution is -2.52. The highest BCUT2D eigenvalue weighted by Gasteiger charge is 2.41. The van der Waals surface area contributed by atoms with Gasteiger partial charge in [0.25, 0.3) is 0 Å². The van der Waals surface area contributed by atoms with Crippen LogP contribution in [0.1, 0.15) is 5.56 Å². The van der Waals surface area contributed by atoms with E-state index >= 15 is 0 Å². The number of ether oxygens (including phenoxy) is 2. The lowest BCUT2D eigenvalue weighted by atomic mass is 10.1. The summed E-state index contributed by atoms with van der Waals surface area (Å²) in [7, 11) is 5.95. The van der Waals surface area contributed by atoms with E-state index in [2.05, 4.69) is 39.8 Å². The van der Waals surface area contributed by atoms with Crippen molar-refractivity contribution >= 4 is 17.9 Å². The molecule has 254 valence electrons. The molecule has 3 heterocycles. The normalized spacial score (nSPS) is 18.8. The van der Waals surface area contributed by atoms with Crippen molar-refractivity contribution in [3.8, 4) is 5.88 Å². The van der Waals surface area contributed by atoms with Crippen LogP contribution in [0.15, 0.2) is 18.3 Å². The predicted molar refractivity (Wildman–Crippen MR) is 131 cm³/mol. The summed E-state index contributed by atoms with van der Waals surface area (Å²) in [5.41, 5.74) is 1.15. The highest BCUT2D eigenvalue weighted by atomic mass is 19.4. The fraction of sp³-hybridized carbons (Fsp3) is 0.652. The number of methoxy groups -OCH3 is 1. The average Bonchev–Trinajstić information content (AvgIpc) is 3.30. The smallest absolute Gasteiger partial charge is 0.481 e. The van der Waals surface area contributed by atoms with Crippen LogP contribution in [-0.4, -0.2) is 144 Å². The summed E-state index contributed by atoms with van der Waals surface area (Å²) in [5, 5.41) is 21.4. The highest BCUT2D eigenvalue weighted by Crippen LogP contribution is 2.26. The molecule has 3 N–H and O–H groups in total. The first kappa shape index (κ1) is 40.6. The number of morpholine rings is 1. The van der Waals surface area contributed by atoms with Gasteiger partial charge in [0.2, 0.25) is 5.88 Å². The molecule has 0 spiro atoms. The molecule has 0 radical (unpaired) electrons. The van der Waals surface area contributed by atoms with E-state index in [1.165, 1.54) is 0 Å². The second-order valence-electron chi connectivity index (χ2n) is 9.09. The number of aromatic nitrogens is 1. The van der Waals surface area contributed by atoms with Crippen molar-refractivity contribution in [1.29, 1.82) is 0 Å². The lowest BCUT2D eigenvalue weighted by molar-refractivity contribution is -0.193. The fourth-order valence-corrected chi connectivity index (χ4v) is 3.54. The molecule has 2 aliphatic heterocycles. The number of rotatable bonds is 6. The summed E-state index contributed by atoms with van der Waals surface area (Å²) in [5.74, 6) is -7.54. The zero-order chi connectivity index (χ0) is 34.5. The summed E-state index contributed by atoms with van der Waals surface area (Å²) in [6, 6.07) is 4.57. The number of hydrogen-bond donors (Lipinski definition) is 3. The second-order valence-corrected chi connectivity index (χ2v) is 9.09. The van der Waals surface area contributed by atoms with Gasteiger partial charge in [0.05, 0.1) is 19.8 Å². The van der Waals surface area contributed by atoms with Crippen LogP contribution in [-0.2, 0) is 25.7 Å². The molecule has 2 fully saturated rings. The highest BCUT2D eigenvalue weighted by molar-refractivity contribution is 5.73. The van der Waals surface area contributed by atoms with Crippen LogP contribution >= 0.6 is 0 Å². The molecule has 2 aliphatic rings. The number of alkyl halides is 9. The molecule has 2 atom stereocenters. The van der Waals surface area contributed by atoms with Gasteiger partial charge in [0.1, 0.15) is 0 Å². The van der Waals surface area contributed by atoms with E-state index in [9.17, 15) is 39.5 Å². The van der Waals surface area contributed by atoms with E-state index in [4.69, 9.17) is 39.2 Å². The first-order chi connectivity index (χ1) is 20.0. The maximum Gasteiger partial charge on any atom is 0.490 e. The maximum atomic E-state index is 10.6. The Kier molecular flexibility index (Phi) is 16.4. The third-order valence-electron chi connectivity index (χ3n) is 5.49. The minimum Gasteiger partial charge on any atom is -0.481 e. The van der Waals surface area contributed by atoms with Gasteiger partial charge in [-0.15, -0.1) is 0 Å². The van der Waals surface area contributed by atoms with Crippen molar-refractivity contribution in [1.82, 2.24) is 19.7 Å². The van der Waals surface area contributed by atoms with Gasteiger partial charge in [-0.25, -0.2) is 19.4 Å². The van der Waals surface area contributed by atoms with Crippen LogP contribution in [0.25, 0.3) is 0 Å². The number of likely N-dealkylation sites (N-methyl/N-ethyl adjacent to an activating group) is 1. The first-order valence-corrected chi connectivity index (χ1v) is 12.1. The van der Waals surface area contributed by atoms with Crippen LogP contribution in [0.2, 0.25) is 0 Å². The summed E-state index contributed by atoms with van der Waals surface area (Å²) < 4.78 is 107. The molecular weight excluding hydrogens is 631 g/mol. The Hall–Kier alpha value is -3.43. The van der Waals surface area contributed by atoms with Gasteiger partial charge >= 0.3 is 36.4 Å². The summed E-state index contributed by atoms with van der Waals surface area (Å²) >= 11 is 0. The number of aliphatic carboxylic acids is 3. The van der Waals surface area contributed by atoms with Gasteiger partial charge in [-0.2, -0.15) is 39.5 Å². The third-order valence-corrected chi connectivity index (χ3v) is 5.49. The number of carboxylic acids is 3. The molecular formula is C23H31F9N4O8. The SMILES string of the molecule is COc1ncccc1CN1C[C@@H]2OCCN(CCN(C)C)[C@@H]2C1.O=C(O)C(F)(F)F.O=C(O)C(F)(F)F.O=C(O)C(F)(F)F. The Labute approximate surface area is 244 Å². The average molecular weight is 663 g/mol. The number of pyridine rings is 1. The van der Waals surface area contributed by atoms with Crippen molar-refractivity contribution in [2.24, 2.45) is 0 Å². The molecule has 0 aliphatic carbocycles. The Bertz CT molecular complexity index is 999. The predicted octanol–water partition coefficient (Wildman–Crippen LogP) is 2.44. The van der Waals surface area contributed by atoms with Gasteiger partial charge < -0.3 is 29.7 Å². The van der Waals surface area contributed by atoms with Crippen LogP contribution in [0.5, 0.6) is 5.88 Å². The molecule has 0 saturated carbocycles. The molecule has 44 heavy (non-hydrogen) atoms. The van der Waals surface area contributed by atoms with Gasteiger partial charge in [0.15, 0.2) is 0 Å². The van der Waals surface area contributed by atoms with Crippen molar-refractivity contribution in [3.63, 3.8) is 0 Å². The van der Waals surface area contributed by atoms with Gasteiger partial charge in [0, 0.05) is 57.1 Å². The second kappa shape index (κ2) is 17.8. The Balaban J connectivity index is 0.000000721. The number of nitrogens with zero attached hydrogens (tertiary/aromatic N) is 4. The number of likely N-dealkylation sites (tertiary alicyclic amines) is 1. The largest absolute Gasteiger partial charge is 0.490 e. The standard InChI is InChI=1S/C17H28N4O2.3C2HF3O2/c1-19(2)7-8-21-9-10-23-16-13-20(12-15(16)21)11-14-5-4-6-18-17(14)22-3;3*3-2(4,5)1(6)7/h4-6,15-16H,7-13H2,1-3H3;3*(H,6,7)/t15-,16+;;;/m1.../s1. The maximum absolute atomic E-state index is 10.6. The van der Waals surface area contributed by atoms with Gasteiger partial charge in [-0.1, -0.05) is 6.07 Å². The molecule has 0 bridgehead atoms. The molecule has 1 aromatic rings. The summed E-state index contributed by atoms with van der Waals surface area (Å²) in [6.07, 6.45) is -13.1. The number of carboxylic acid groups (broad SMARTS) is 3. The first-order valence-electron chi connectivity index (χ1n) is 12.1. The van der Waals surface area contributed by atoms with E-state index in [0.717, 1.165) is 57.3 Å². The van der Waals surface area contributed by atoms with Crippen molar-refractivity contribution in [3.05, 3.63) is 23.9 Å². The van der Waals surface area contributed by atoms with Crippen LogP contribution < -0.4 is 4.74 Å². The Morgan fingerprint density at radius 3 is 1.84 bits per heavy atom. The monoisotopic (exact) mass is 662 g/mol. The van der Waals surface area contributed by atoms with E-state index in [0.29, 0.717) is 12.1 Å². The molecule has 2 saturated heterocycles. The number of carbonyl (C=O) groups is 3. The molecule has 12 nitrogen and oxygen atoms in total. The van der Waals surface area contributed by atoms with E-state index in [1.54, 1.807) is 13.3 Å². The molecule has 3 rings (SSSR count). The van der Waals surface area contributed by atoms with Gasteiger partial charge in [-0.05, 0) is 20.2 Å². The summed E-state index contributed by atoms with van der Waals surface area (Å²) in [6.45, 7) is 7.01. The minimum atomic E-state index is -5.08. The number of hydrogen-bond acceptors (Lipinski definition) is 9. The van der Waals surface area contributed by atoms with Crippen LogP contribution in [0.3, 0.4) is 0 Å². The van der Waals surface area contributed by atoms with Crippen LogP contribution in [0.4, 0.5) is 39.5 Å². The van der Waals surface area contributed by atoms with Crippen molar-refractivity contribution in [2.45, 2.75) is 37.2 Å². The lowest BCUT2D eigenvalue weighted by Gasteiger charge is -2.37. The number of fused-ring (bicyclic) bond motifs is 1. The molecule has 0 unspecified atom stereocenters. The van der Waals surface area contributed by atoms with Gasteiger partial charge in [-0.3, -0.25) is 9.80 Å². The molecule has 1 aromatic heterocycles. The van der Waals surface area contributed by atoms with E-state index in [1.807, 2.05) is 6.07 Å².